The van der Waals surface area contributed by atoms with Crippen LogP contribution in [0.5, 0.6) is 0 Å². The molecule has 2 aromatic rings. The quantitative estimate of drug-likeness (QED) is 0.459. The van der Waals surface area contributed by atoms with E-state index in [1.54, 1.807) is 6.92 Å². The lowest BCUT2D eigenvalue weighted by molar-refractivity contribution is -0.145. The number of halogens is 4. The molecule has 0 aliphatic carbocycles. The van der Waals surface area contributed by atoms with Gasteiger partial charge in [0, 0.05) is 12.6 Å². The third-order valence-electron chi connectivity index (χ3n) is 3.89. The van der Waals surface area contributed by atoms with E-state index in [0.717, 1.165) is 18.2 Å². The number of aromatic nitrogens is 1. The van der Waals surface area contributed by atoms with Gasteiger partial charge >= 0.3 is 5.97 Å². The first kappa shape index (κ1) is 18.2. The zero-order valence-corrected chi connectivity index (χ0v) is 14.2. The maximum Gasteiger partial charge on any atom is 0.318 e. The standard InChI is InChI=1S/C17H12ClF3N2O3/c1-2-26-17(25)10-7-23(13-4-3-8(19)5-11(13)20)16-9(14(10)24)6-12(21)15(18)22-16/h3-6,10H,2,7H2,1H3. The third-order valence-corrected chi connectivity index (χ3v) is 4.15. The smallest absolute Gasteiger partial charge is 0.318 e. The van der Waals surface area contributed by atoms with Gasteiger partial charge in [0.1, 0.15) is 23.4 Å². The van der Waals surface area contributed by atoms with Crippen LogP contribution >= 0.6 is 11.6 Å². The third kappa shape index (κ3) is 3.12. The molecular formula is C17H12ClF3N2O3. The normalized spacial score (nSPS) is 16.4. The highest BCUT2D eigenvalue weighted by Gasteiger charge is 2.40. The molecule has 5 nitrogen and oxygen atoms in total. The number of nitrogens with zero attached hydrogens (tertiary/aromatic N) is 2. The molecule has 0 saturated carbocycles. The van der Waals surface area contributed by atoms with Crippen molar-refractivity contribution in [3.63, 3.8) is 0 Å². The van der Waals surface area contributed by atoms with E-state index in [4.69, 9.17) is 16.3 Å². The highest BCUT2D eigenvalue weighted by molar-refractivity contribution is 6.30. The van der Waals surface area contributed by atoms with Crippen molar-refractivity contribution in [3.8, 4) is 0 Å². The number of rotatable bonds is 3. The Balaban J connectivity index is 2.17. The molecule has 1 aromatic heterocycles. The summed E-state index contributed by atoms with van der Waals surface area (Å²) in [5, 5.41) is -0.515. The first-order valence-corrected chi connectivity index (χ1v) is 8.00. The molecule has 0 radical (unpaired) electrons. The minimum Gasteiger partial charge on any atom is -0.465 e. The number of carbonyl (C=O) groups excluding carboxylic acids is 2. The van der Waals surface area contributed by atoms with E-state index in [9.17, 15) is 22.8 Å². The number of ether oxygens (including phenoxy) is 1. The monoisotopic (exact) mass is 384 g/mol. The van der Waals surface area contributed by atoms with Gasteiger partial charge in [0.15, 0.2) is 16.8 Å². The average molecular weight is 385 g/mol. The second-order valence-corrected chi connectivity index (χ2v) is 5.87. The van der Waals surface area contributed by atoms with Crippen molar-refractivity contribution < 1.29 is 27.5 Å². The molecule has 0 amide bonds. The largest absolute Gasteiger partial charge is 0.465 e. The van der Waals surface area contributed by atoms with E-state index in [2.05, 4.69) is 4.98 Å². The Morgan fingerprint density at radius 3 is 2.69 bits per heavy atom. The Labute approximate surface area is 151 Å². The van der Waals surface area contributed by atoms with Gasteiger partial charge in [0.25, 0.3) is 0 Å². The van der Waals surface area contributed by atoms with Crippen molar-refractivity contribution in [2.24, 2.45) is 5.92 Å². The first-order chi connectivity index (χ1) is 12.3. The lowest BCUT2D eigenvalue weighted by atomic mass is 9.92. The molecule has 3 rings (SSSR count). The number of anilines is 2. The summed E-state index contributed by atoms with van der Waals surface area (Å²) in [6.45, 7) is 1.30. The highest BCUT2D eigenvalue weighted by atomic mass is 35.5. The fourth-order valence-corrected chi connectivity index (χ4v) is 2.86. The van der Waals surface area contributed by atoms with Gasteiger partial charge in [0.2, 0.25) is 0 Å². The van der Waals surface area contributed by atoms with Gasteiger partial charge in [0.05, 0.1) is 17.9 Å². The minimum absolute atomic E-state index is 0.0353. The Morgan fingerprint density at radius 2 is 2.04 bits per heavy atom. The van der Waals surface area contributed by atoms with E-state index < -0.39 is 40.3 Å². The molecule has 26 heavy (non-hydrogen) atoms. The van der Waals surface area contributed by atoms with Crippen molar-refractivity contribution in [1.29, 1.82) is 0 Å². The number of Topliss-reactive ketones (excluding diaryl/α,β-unsaturated/α-hetero) is 1. The summed E-state index contributed by atoms with van der Waals surface area (Å²) in [5.74, 6) is -5.65. The minimum atomic E-state index is -1.31. The number of ketones is 1. The maximum atomic E-state index is 14.3. The number of hydrogen-bond acceptors (Lipinski definition) is 5. The van der Waals surface area contributed by atoms with Crippen molar-refractivity contribution in [1.82, 2.24) is 4.98 Å². The van der Waals surface area contributed by atoms with Crippen molar-refractivity contribution in [2.45, 2.75) is 6.92 Å². The van der Waals surface area contributed by atoms with Crippen molar-refractivity contribution >= 4 is 34.9 Å². The number of esters is 1. The van der Waals surface area contributed by atoms with Crippen LogP contribution in [-0.2, 0) is 9.53 Å². The van der Waals surface area contributed by atoms with E-state index in [0.29, 0.717) is 6.07 Å². The molecule has 0 spiro atoms. The van der Waals surface area contributed by atoms with Gasteiger partial charge in [-0.15, -0.1) is 0 Å². The predicted molar refractivity (Wildman–Crippen MR) is 87.0 cm³/mol. The Morgan fingerprint density at radius 1 is 1.31 bits per heavy atom. The molecule has 0 saturated heterocycles. The van der Waals surface area contributed by atoms with Crippen molar-refractivity contribution in [3.05, 3.63) is 52.4 Å². The number of carbonyl (C=O) groups is 2. The van der Waals surface area contributed by atoms with Crippen LogP contribution in [0, 0.1) is 23.4 Å². The molecular weight excluding hydrogens is 373 g/mol. The van der Waals surface area contributed by atoms with Crippen molar-refractivity contribution in [2.75, 3.05) is 18.1 Å². The second kappa shape index (κ2) is 6.95. The number of hydrogen-bond donors (Lipinski definition) is 0. The average Bonchev–Trinajstić information content (AvgIpc) is 2.58. The summed E-state index contributed by atoms with van der Waals surface area (Å²) in [6.07, 6.45) is 0. The zero-order chi connectivity index (χ0) is 19.0. The van der Waals surface area contributed by atoms with E-state index in [1.165, 1.54) is 4.90 Å². The second-order valence-electron chi connectivity index (χ2n) is 5.51. The number of pyridine rings is 1. The maximum absolute atomic E-state index is 14.3. The van der Waals surface area contributed by atoms with Gasteiger partial charge in [-0.05, 0) is 25.1 Å². The van der Waals surface area contributed by atoms with E-state index in [-0.39, 0.29) is 30.2 Å². The first-order valence-electron chi connectivity index (χ1n) is 7.63. The van der Waals surface area contributed by atoms with Crippen LogP contribution < -0.4 is 4.90 Å². The molecule has 1 unspecified atom stereocenters. The van der Waals surface area contributed by atoms with Crippen LogP contribution in [0.15, 0.2) is 24.3 Å². The molecule has 1 aliphatic rings. The fraction of sp³-hybridized carbons (Fsp3) is 0.235. The number of fused-ring (bicyclic) bond motifs is 1. The molecule has 2 heterocycles. The van der Waals surface area contributed by atoms with Crippen LogP contribution in [0.2, 0.25) is 5.15 Å². The summed E-state index contributed by atoms with van der Waals surface area (Å²) in [4.78, 5) is 29.7. The topological polar surface area (TPSA) is 59.5 Å². The molecule has 0 bridgehead atoms. The fourth-order valence-electron chi connectivity index (χ4n) is 2.72. The van der Waals surface area contributed by atoms with Gasteiger partial charge in [-0.2, -0.15) is 0 Å². The molecule has 0 N–H and O–H groups in total. The van der Waals surface area contributed by atoms with E-state index in [1.807, 2.05) is 0 Å². The Hall–Kier alpha value is -2.61. The van der Waals surface area contributed by atoms with Gasteiger partial charge in [-0.3, -0.25) is 9.59 Å². The molecule has 1 aromatic carbocycles. The van der Waals surface area contributed by atoms with Crippen LogP contribution in [0.3, 0.4) is 0 Å². The lowest BCUT2D eigenvalue weighted by Gasteiger charge is -2.33. The van der Waals surface area contributed by atoms with Crippen LogP contribution in [0.1, 0.15) is 17.3 Å². The molecule has 9 heteroatoms. The summed E-state index contributed by atoms with van der Waals surface area (Å²) in [5.41, 5.74) is -0.371. The van der Waals surface area contributed by atoms with Crippen LogP contribution in [-0.4, -0.2) is 29.9 Å². The Bertz CT molecular complexity index is 907. The molecule has 1 aliphatic heterocycles. The summed E-state index contributed by atoms with van der Waals surface area (Å²) in [6, 6.07) is 3.63. The van der Waals surface area contributed by atoms with Gasteiger partial charge < -0.3 is 9.64 Å². The highest BCUT2D eigenvalue weighted by Crippen LogP contribution is 2.37. The predicted octanol–water partition coefficient (Wildman–Crippen LogP) is 3.67. The van der Waals surface area contributed by atoms with Gasteiger partial charge in [-0.1, -0.05) is 11.6 Å². The number of benzene rings is 1. The van der Waals surface area contributed by atoms with Crippen LogP contribution in [0.25, 0.3) is 0 Å². The van der Waals surface area contributed by atoms with Gasteiger partial charge in [-0.25, -0.2) is 18.2 Å². The summed E-state index contributed by atoms with van der Waals surface area (Å²) >= 11 is 5.69. The molecule has 1 atom stereocenters. The molecule has 136 valence electrons. The van der Waals surface area contributed by atoms with E-state index >= 15 is 0 Å². The zero-order valence-electron chi connectivity index (χ0n) is 13.4. The SMILES string of the molecule is CCOC(=O)C1CN(c2ccc(F)cc2F)c2nc(Cl)c(F)cc2C1=O. The summed E-state index contributed by atoms with van der Waals surface area (Å²) < 4.78 is 46.2. The van der Waals surface area contributed by atoms with Crippen LogP contribution in [0.4, 0.5) is 24.7 Å². The summed E-state index contributed by atoms with van der Waals surface area (Å²) in [7, 11) is 0. The lowest BCUT2D eigenvalue weighted by Crippen LogP contribution is -2.42. The molecule has 0 fully saturated rings. The Kier molecular flexibility index (Phi) is 4.86.